The highest BCUT2D eigenvalue weighted by molar-refractivity contribution is 6.45. The second kappa shape index (κ2) is 5.27. The van der Waals surface area contributed by atoms with E-state index >= 15 is 0 Å². The summed E-state index contributed by atoms with van der Waals surface area (Å²) in [5.41, 5.74) is 0. The summed E-state index contributed by atoms with van der Waals surface area (Å²) in [6, 6.07) is 0. The monoisotopic (exact) mass is 238 g/mol. The summed E-state index contributed by atoms with van der Waals surface area (Å²) in [5, 5.41) is 4.78. The van der Waals surface area contributed by atoms with Crippen molar-refractivity contribution in [3.05, 3.63) is 0 Å². The fourth-order valence-corrected chi connectivity index (χ4v) is 2.15. The molecule has 0 atom stereocenters. The first-order valence-electron chi connectivity index (χ1n) is 6.00. The number of aliphatic imine (C=N–C) groups is 1. The van der Waals surface area contributed by atoms with Crippen LogP contribution in [0.5, 0.6) is 0 Å². The topological polar surface area (TPSA) is 73.8 Å². The molecule has 0 bridgehead atoms. The van der Waals surface area contributed by atoms with Crippen molar-refractivity contribution in [3.63, 3.8) is 0 Å². The quantitative estimate of drug-likeness (QED) is 0.640. The molecule has 0 aromatic heterocycles. The lowest BCUT2D eigenvalue weighted by molar-refractivity contribution is -0.135. The molecule has 2 rings (SSSR count). The first-order valence-corrected chi connectivity index (χ1v) is 6.00. The van der Waals surface area contributed by atoms with Crippen LogP contribution in [0.25, 0.3) is 0 Å². The fourth-order valence-electron chi connectivity index (χ4n) is 2.15. The van der Waals surface area contributed by atoms with Crippen molar-refractivity contribution in [2.24, 2.45) is 10.9 Å². The van der Waals surface area contributed by atoms with Gasteiger partial charge in [-0.25, -0.2) is 0 Å². The van der Waals surface area contributed by atoms with Gasteiger partial charge < -0.3 is 4.90 Å². The SMILES string of the molecule is CN1CCC(CCN=C2NC(=O)C(=O)N2)CC1. The maximum Gasteiger partial charge on any atom is 0.316 e. The van der Waals surface area contributed by atoms with E-state index in [1.165, 1.54) is 12.8 Å². The van der Waals surface area contributed by atoms with Gasteiger partial charge in [0.25, 0.3) is 0 Å². The maximum atomic E-state index is 10.9. The number of likely N-dealkylation sites (tertiary alicyclic amines) is 1. The average molecular weight is 238 g/mol. The highest BCUT2D eigenvalue weighted by atomic mass is 16.2. The third kappa shape index (κ3) is 3.26. The highest BCUT2D eigenvalue weighted by Crippen LogP contribution is 2.19. The summed E-state index contributed by atoms with van der Waals surface area (Å²) in [6.45, 7) is 2.95. The van der Waals surface area contributed by atoms with Crippen LogP contribution in [0.1, 0.15) is 19.3 Å². The molecule has 2 aliphatic rings. The van der Waals surface area contributed by atoms with E-state index in [2.05, 4.69) is 27.6 Å². The number of piperidine rings is 1. The lowest BCUT2D eigenvalue weighted by Crippen LogP contribution is -2.30. The summed E-state index contributed by atoms with van der Waals surface area (Å²) >= 11 is 0. The summed E-state index contributed by atoms with van der Waals surface area (Å²) in [7, 11) is 2.14. The van der Waals surface area contributed by atoms with Crippen LogP contribution >= 0.6 is 0 Å². The van der Waals surface area contributed by atoms with Gasteiger partial charge in [0.15, 0.2) is 0 Å². The largest absolute Gasteiger partial charge is 0.316 e. The van der Waals surface area contributed by atoms with Gasteiger partial charge in [0.1, 0.15) is 0 Å². The van der Waals surface area contributed by atoms with E-state index in [1.54, 1.807) is 0 Å². The highest BCUT2D eigenvalue weighted by Gasteiger charge is 2.25. The third-order valence-corrected chi connectivity index (χ3v) is 3.32. The van der Waals surface area contributed by atoms with E-state index in [1.807, 2.05) is 0 Å². The van der Waals surface area contributed by atoms with E-state index in [4.69, 9.17) is 0 Å². The zero-order chi connectivity index (χ0) is 12.3. The van der Waals surface area contributed by atoms with E-state index in [0.717, 1.165) is 19.5 Å². The van der Waals surface area contributed by atoms with Gasteiger partial charge in [0.2, 0.25) is 5.96 Å². The summed E-state index contributed by atoms with van der Waals surface area (Å²) in [4.78, 5) is 28.3. The Morgan fingerprint density at radius 3 is 2.41 bits per heavy atom. The summed E-state index contributed by atoms with van der Waals surface area (Å²) in [5.74, 6) is -0.234. The van der Waals surface area contributed by atoms with Crippen LogP contribution in [0.15, 0.2) is 4.99 Å². The molecule has 94 valence electrons. The van der Waals surface area contributed by atoms with Gasteiger partial charge in [0.05, 0.1) is 0 Å². The zero-order valence-electron chi connectivity index (χ0n) is 10.0. The van der Waals surface area contributed by atoms with Crippen LogP contribution in [-0.2, 0) is 9.59 Å². The van der Waals surface area contributed by atoms with Crippen molar-refractivity contribution in [2.75, 3.05) is 26.7 Å². The van der Waals surface area contributed by atoms with Crippen LogP contribution in [0.4, 0.5) is 0 Å². The fraction of sp³-hybridized carbons (Fsp3) is 0.727. The van der Waals surface area contributed by atoms with Gasteiger partial charge in [-0.15, -0.1) is 0 Å². The lowest BCUT2D eigenvalue weighted by Gasteiger charge is -2.28. The van der Waals surface area contributed by atoms with E-state index in [-0.39, 0.29) is 0 Å². The minimum absolute atomic E-state index is 0.299. The Bertz CT molecular complexity index is 327. The molecule has 2 N–H and O–H groups in total. The molecule has 2 aliphatic heterocycles. The summed E-state index contributed by atoms with van der Waals surface area (Å²) < 4.78 is 0. The zero-order valence-corrected chi connectivity index (χ0v) is 10.0. The van der Waals surface area contributed by atoms with Gasteiger partial charge in [-0.3, -0.25) is 25.2 Å². The number of nitrogens with one attached hydrogen (secondary N) is 2. The molecule has 0 aromatic rings. The smallest absolute Gasteiger partial charge is 0.306 e. The van der Waals surface area contributed by atoms with Crippen molar-refractivity contribution >= 4 is 17.8 Å². The molecule has 2 saturated heterocycles. The molecule has 0 radical (unpaired) electrons. The molecule has 0 saturated carbocycles. The number of carbonyl (C=O) groups excluding carboxylic acids is 2. The Hall–Kier alpha value is -1.43. The molecule has 6 nitrogen and oxygen atoms in total. The predicted molar refractivity (Wildman–Crippen MR) is 63.4 cm³/mol. The number of rotatable bonds is 3. The number of hydrogen-bond acceptors (Lipinski definition) is 4. The van der Waals surface area contributed by atoms with E-state index in [0.29, 0.717) is 18.4 Å². The molecule has 6 heteroatoms. The molecule has 0 spiro atoms. The van der Waals surface area contributed by atoms with Gasteiger partial charge in [-0.2, -0.15) is 0 Å². The first-order chi connectivity index (χ1) is 8.15. The van der Waals surface area contributed by atoms with Crippen LogP contribution in [0.2, 0.25) is 0 Å². The Kier molecular flexibility index (Phi) is 3.73. The minimum atomic E-state index is -0.622. The van der Waals surface area contributed by atoms with Crippen LogP contribution in [-0.4, -0.2) is 49.4 Å². The maximum absolute atomic E-state index is 10.9. The van der Waals surface area contributed by atoms with Crippen molar-refractivity contribution < 1.29 is 9.59 Å². The van der Waals surface area contributed by atoms with Crippen LogP contribution in [0, 0.1) is 5.92 Å². The summed E-state index contributed by atoms with van der Waals surface area (Å²) in [6.07, 6.45) is 3.43. The molecule has 0 aromatic carbocycles. The van der Waals surface area contributed by atoms with E-state index < -0.39 is 11.8 Å². The standard InChI is InChI=1S/C11H18N4O2/c1-15-6-3-8(4-7-15)2-5-12-11-13-9(16)10(17)14-11/h8H,2-7H2,1H3,(H2,12,13,14,16,17). The Morgan fingerprint density at radius 2 is 1.82 bits per heavy atom. The van der Waals surface area contributed by atoms with Crippen molar-refractivity contribution in [2.45, 2.75) is 19.3 Å². The van der Waals surface area contributed by atoms with Crippen LogP contribution < -0.4 is 10.6 Å². The molecule has 2 fully saturated rings. The van der Waals surface area contributed by atoms with Crippen molar-refractivity contribution in [1.82, 2.24) is 15.5 Å². The van der Waals surface area contributed by atoms with Crippen molar-refractivity contribution in [3.8, 4) is 0 Å². The van der Waals surface area contributed by atoms with Gasteiger partial charge in [0, 0.05) is 6.54 Å². The van der Waals surface area contributed by atoms with Crippen molar-refractivity contribution in [1.29, 1.82) is 0 Å². The Labute approximate surface area is 100 Å². The lowest BCUT2D eigenvalue weighted by atomic mass is 9.94. The predicted octanol–water partition coefficient (Wildman–Crippen LogP) is -0.680. The number of hydrogen-bond donors (Lipinski definition) is 2. The molecular formula is C11H18N4O2. The number of guanidine groups is 1. The molecule has 2 heterocycles. The average Bonchev–Trinajstić information content (AvgIpc) is 2.61. The number of nitrogens with zero attached hydrogens (tertiary/aromatic N) is 2. The first kappa shape index (κ1) is 12.0. The van der Waals surface area contributed by atoms with Gasteiger partial charge in [-0.05, 0) is 45.3 Å². The normalized spacial score (nSPS) is 22.5. The molecule has 2 amide bonds. The Morgan fingerprint density at radius 1 is 1.24 bits per heavy atom. The molecule has 0 aliphatic carbocycles. The molecule has 0 unspecified atom stereocenters. The van der Waals surface area contributed by atoms with Gasteiger partial charge in [-0.1, -0.05) is 0 Å². The van der Waals surface area contributed by atoms with E-state index in [9.17, 15) is 9.59 Å². The van der Waals surface area contributed by atoms with Crippen LogP contribution in [0.3, 0.4) is 0 Å². The molecule has 17 heavy (non-hydrogen) atoms. The second-order valence-electron chi connectivity index (χ2n) is 4.67. The number of amides is 2. The Balaban J connectivity index is 1.71. The minimum Gasteiger partial charge on any atom is -0.306 e. The van der Waals surface area contributed by atoms with Gasteiger partial charge >= 0.3 is 11.8 Å². The second-order valence-corrected chi connectivity index (χ2v) is 4.67. The molecular weight excluding hydrogens is 220 g/mol. The third-order valence-electron chi connectivity index (χ3n) is 3.32. The number of carbonyl (C=O) groups is 2.